The fraction of sp³-hybridized carbons (Fsp3) is 0.211. The van der Waals surface area contributed by atoms with Crippen molar-refractivity contribution in [1.82, 2.24) is 5.32 Å². The zero-order valence-electron chi connectivity index (χ0n) is 15.7. The minimum absolute atomic E-state index is 0.00852. The Morgan fingerprint density at radius 3 is 2.48 bits per heavy atom. The van der Waals surface area contributed by atoms with Crippen molar-refractivity contribution >= 4 is 23.5 Å². The lowest BCUT2D eigenvalue weighted by atomic mass is 10.2. The number of para-hydroxylation sites is 1. The lowest BCUT2D eigenvalue weighted by molar-refractivity contribution is -0.385. The summed E-state index contributed by atoms with van der Waals surface area (Å²) in [5, 5.41) is 13.2. The number of carbonyl (C=O) groups excluding carboxylic acids is 3. The molecule has 0 saturated carbocycles. The number of nitro benzene ring substituents is 1. The molecule has 0 aromatic heterocycles. The molecule has 2 aromatic carbocycles. The van der Waals surface area contributed by atoms with E-state index < -0.39 is 35.0 Å². The third kappa shape index (κ3) is 5.51. The predicted molar refractivity (Wildman–Crippen MR) is 100 cm³/mol. The first kappa shape index (κ1) is 21.4. The second kappa shape index (κ2) is 9.83. The molecular weight excluding hydrogens is 384 g/mol. The van der Waals surface area contributed by atoms with Crippen LogP contribution in [0.4, 0.5) is 5.69 Å². The second-order valence-corrected chi connectivity index (χ2v) is 5.53. The normalized spacial score (nSPS) is 10.0. The van der Waals surface area contributed by atoms with E-state index in [-0.39, 0.29) is 29.2 Å². The molecule has 0 unspecified atom stereocenters. The number of imide groups is 1. The molecule has 0 spiro atoms. The third-order valence-electron chi connectivity index (χ3n) is 3.63. The van der Waals surface area contributed by atoms with Gasteiger partial charge in [-0.2, -0.15) is 0 Å². The minimum atomic E-state index is -0.962. The first-order valence-corrected chi connectivity index (χ1v) is 8.43. The average Bonchev–Trinajstić information content (AvgIpc) is 2.72. The van der Waals surface area contributed by atoms with Crippen LogP contribution in [0.1, 0.15) is 27.6 Å². The van der Waals surface area contributed by atoms with E-state index >= 15 is 0 Å². The van der Waals surface area contributed by atoms with Crippen molar-refractivity contribution in [3.05, 3.63) is 63.7 Å². The predicted octanol–water partition coefficient (Wildman–Crippen LogP) is 2.12. The van der Waals surface area contributed by atoms with Crippen molar-refractivity contribution in [1.29, 1.82) is 0 Å². The molecule has 0 saturated heterocycles. The zero-order valence-corrected chi connectivity index (χ0v) is 15.7. The number of benzene rings is 2. The number of hydrogen-bond donors (Lipinski definition) is 1. The minimum Gasteiger partial charge on any atom is -0.496 e. The molecular formula is C19H18N2O8. The number of esters is 1. The smallest absolute Gasteiger partial charge is 0.338 e. The van der Waals surface area contributed by atoms with Crippen molar-refractivity contribution in [2.24, 2.45) is 0 Å². The maximum absolute atomic E-state index is 12.1. The largest absolute Gasteiger partial charge is 0.496 e. The Bertz CT molecular complexity index is 942. The highest BCUT2D eigenvalue weighted by Gasteiger charge is 2.21. The fourth-order valence-electron chi connectivity index (χ4n) is 2.34. The molecule has 0 aliphatic carbocycles. The lowest BCUT2D eigenvalue weighted by Crippen LogP contribution is -2.34. The van der Waals surface area contributed by atoms with Crippen molar-refractivity contribution < 1.29 is 33.5 Å². The Balaban J connectivity index is 1.99. The number of nitrogens with zero attached hydrogens (tertiary/aromatic N) is 1. The van der Waals surface area contributed by atoms with E-state index in [2.05, 4.69) is 5.32 Å². The Labute approximate surface area is 165 Å². The molecule has 10 heteroatoms. The molecule has 0 heterocycles. The summed E-state index contributed by atoms with van der Waals surface area (Å²) in [5.74, 6) is -2.27. The molecule has 10 nitrogen and oxygen atoms in total. The summed E-state index contributed by atoms with van der Waals surface area (Å²) in [7, 11) is 1.38. The maximum Gasteiger partial charge on any atom is 0.338 e. The average molecular weight is 402 g/mol. The molecule has 0 aliphatic rings. The summed E-state index contributed by atoms with van der Waals surface area (Å²) >= 11 is 0. The van der Waals surface area contributed by atoms with Gasteiger partial charge in [0.1, 0.15) is 5.75 Å². The Hall–Kier alpha value is -3.95. The first-order chi connectivity index (χ1) is 13.9. The summed E-state index contributed by atoms with van der Waals surface area (Å²) in [6, 6.07) is 9.81. The van der Waals surface area contributed by atoms with Crippen molar-refractivity contribution in [3.63, 3.8) is 0 Å². The molecule has 2 rings (SSSR count). The van der Waals surface area contributed by atoms with E-state index in [4.69, 9.17) is 14.2 Å². The van der Waals surface area contributed by atoms with Crippen LogP contribution in [0.3, 0.4) is 0 Å². The Morgan fingerprint density at radius 1 is 1.10 bits per heavy atom. The molecule has 2 amide bonds. The highest BCUT2D eigenvalue weighted by Crippen LogP contribution is 2.28. The molecule has 2 aromatic rings. The zero-order chi connectivity index (χ0) is 21.4. The summed E-state index contributed by atoms with van der Waals surface area (Å²) in [5.41, 5.74) is -0.405. The quantitative estimate of drug-likeness (QED) is 0.403. The van der Waals surface area contributed by atoms with E-state index in [9.17, 15) is 24.5 Å². The van der Waals surface area contributed by atoms with Crippen LogP contribution in [-0.4, -0.2) is 43.0 Å². The number of nitrogens with one attached hydrogen (secondary N) is 1. The number of carbonyl (C=O) groups is 3. The third-order valence-corrected chi connectivity index (χ3v) is 3.63. The van der Waals surface area contributed by atoms with Crippen LogP contribution in [0.15, 0.2) is 42.5 Å². The van der Waals surface area contributed by atoms with E-state index in [0.29, 0.717) is 0 Å². The summed E-state index contributed by atoms with van der Waals surface area (Å²) in [4.78, 5) is 46.5. The van der Waals surface area contributed by atoms with Crippen molar-refractivity contribution in [2.45, 2.75) is 6.92 Å². The van der Waals surface area contributed by atoms with Gasteiger partial charge in [-0.3, -0.25) is 25.0 Å². The Kier molecular flexibility index (Phi) is 7.24. The topological polar surface area (TPSA) is 134 Å². The number of nitro groups is 1. The summed E-state index contributed by atoms with van der Waals surface area (Å²) in [6.07, 6.45) is 0. The van der Waals surface area contributed by atoms with Crippen LogP contribution < -0.4 is 14.8 Å². The van der Waals surface area contributed by atoms with Gasteiger partial charge in [-0.1, -0.05) is 12.1 Å². The summed E-state index contributed by atoms with van der Waals surface area (Å²) in [6.45, 7) is 1.13. The molecule has 1 N–H and O–H groups in total. The number of methoxy groups -OCH3 is 1. The number of amides is 2. The Morgan fingerprint density at radius 2 is 1.83 bits per heavy atom. The van der Waals surface area contributed by atoms with Gasteiger partial charge in [0.2, 0.25) is 0 Å². The highest BCUT2D eigenvalue weighted by molar-refractivity contribution is 6.07. The van der Waals surface area contributed by atoms with E-state index in [1.165, 1.54) is 25.3 Å². The van der Waals surface area contributed by atoms with Crippen LogP contribution in [0, 0.1) is 10.1 Å². The van der Waals surface area contributed by atoms with Crippen LogP contribution >= 0.6 is 0 Å². The van der Waals surface area contributed by atoms with E-state index in [1.807, 2.05) is 0 Å². The monoisotopic (exact) mass is 402 g/mol. The fourth-order valence-corrected chi connectivity index (χ4v) is 2.34. The summed E-state index contributed by atoms with van der Waals surface area (Å²) < 4.78 is 15.0. The van der Waals surface area contributed by atoms with Gasteiger partial charge in [-0.15, -0.1) is 0 Å². The molecule has 0 radical (unpaired) electrons. The van der Waals surface area contributed by atoms with Crippen molar-refractivity contribution in [2.75, 3.05) is 20.3 Å². The van der Waals surface area contributed by atoms with Crippen LogP contribution in [0.5, 0.6) is 11.5 Å². The van der Waals surface area contributed by atoms with E-state index in [1.54, 1.807) is 25.1 Å². The molecule has 0 fully saturated rings. The highest BCUT2D eigenvalue weighted by atomic mass is 16.6. The molecule has 0 atom stereocenters. The number of hydrogen-bond acceptors (Lipinski definition) is 8. The molecule has 0 aliphatic heterocycles. The van der Waals surface area contributed by atoms with E-state index in [0.717, 1.165) is 6.07 Å². The van der Waals surface area contributed by atoms with Gasteiger partial charge in [0.25, 0.3) is 11.8 Å². The standard InChI is InChI=1S/C19H18N2O8/c1-3-28-16-9-8-12(10-14(16)21(25)26)19(24)29-11-17(22)20-18(23)13-6-4-5-7-15(13)27-2/h4-10H,3,11H2,1-2H3,(H,20,22,23). The first-order valence-electron chi connectivity index (χ1n) is 8.43. The number of rotatable bonds is 8. The number of ether oxygens (including phenoxy) is 3. The molecule has 29 heavy (non-hydrogen) atoms. The van der Waals surface area contributed by atoms with Gasteiger partial charge >= 0.3 is 11.7 Å². The molecule has 152 valence electrons. The maximum atomic E-state index is 12.1. The van der Waals surface area contributed by atoms with Crippen LogP contribution in [-0.2, 0) is 9.53 Å². The van der Waals surface area contributed by atoms with Crippen LogP contribution in [0.2, 0.25) is 0 Å². The van der Waals surface area contributed by atoms with Gasteiger partial charge < -0.3 is 14.2 Å². The van der Waals surface area contributed by atoms with Gasteiger partial charge in [0.05, 0.1) is 29.8 Å². The van der Waals surface area contributed by atoms with Gasteiger partial charge in [0, 0.05) is 6.07 Å². The van der Waals surface area contributed by atoms with Crippen LogP contribution in [0.25, 0.3) is 0 Å². The van der Waals surface area contributed by atoms with Gasteiger partial charge in [-0.05, 0) is 31.2 Å². The van der Waals surface area contributed by atoms with Crippen molar-refractivity contribution in [3.8, 4) is 11.5 Å². The second-order valence-electron chi connectivity index (χ2n) is 5.53. The SMILES string of the molecule is CCOc1ccc(C(=O)OCC(=O)NC(=O)c2ccccc2OC)cc1[N+](=O)[O-]. The van der Waals surface area contributed by atoms with Gasteiger partial charge in [0.15, 0.2) is 12.4 Å². The van der Waals surface area contributed by atoms with Gasteiger partial charge in [-0.25, -0.2) is 4.79 Å². The lowest BCUT2D eigenvalue weighted by Gasteiger charge is -2.09. The molecule has 0 bridgehead atoms.